The van der Waals surface area contributed by atoms with Gasteiger partial charge in [0.1, 0.15) is 5.75 Å². The van der Waals surface area contributed by atoms with E-state index in [9.17, 15) is 4.79 Å². The van der Waals surface area contributed by atoms with Crippen molar-refractivity contribution >= 4 is 5.91 Å². The highest BCUT2D eigenvalue weighted by molar-refractivity contribution is 5.77. The monoisotopic (exact) mass is 276 g/mol. The molecule has 0 radical (unpaired) electrons. The van der Waals surface area contributed by atoms with Gasteiger partial charge in [0.2, 0.25) is 0 Å². The van der Waals surface area contributed by atoms with Crippen LogP contribution in [0, 0.1) is 11.8 Å². The molecule has 2 atom stereocenters. The SMILES string of the molecule is CC1CCC(CNC(=O)COc2ccc(CN)cc2)C1. The Kier molecular flexibility index (Phi) is 5.41. The van der Waals surface area contributed by atoms with Crippen LogP contribution in [0.2, 0.25) is 0 Å². The fourth-order valence-corrected chi connectivity index (χ4v) is 2.69. The average molecular weight is 276 g/mol. The third-order valence-electron chi connectivity index (χ3n) is 3.92. The molecule has 20 heavy (non-hydrogen) atoms. The first-order valence-electron chi connectivity index (χ1n) is 7.36. The number of carbonyl (C=O) groups excluding carboxylic acids is 1. The Morgan fingerprint density at radius 1 is 1.35 bits per heavy atom. The lowest BCUT2D eigenvalue weighted by Crippen LogP contribution is -2.32. The number of nitrogens with two attached hydrogens (primary N) is 1. The molecule has 0 spiro atoms. The van der Waals surface area contributed by atoms with Gasteiger partial charge in [0.25, 0.3) is 5.91 Å². The Labute approximate surface area is 120 Å². The van der Waals surface area contributed by atoms with Crippen molar-refractivity contribution in [2.45, 2.75) is 32.7 Å². The van der Waals surface area contributed by atoms with E-state index in [1.165, 1.54) is 19.3 Å². The van der Waals surface area contributed by atoms with Gasteiger partial charge in [0.15, 0.2) is 6.61 Å². The van der Waals surface area contributed by atoms with E-state index in [1.807, 2.05) is 24.3 Å². The van der Waals surface area contributed by atoms with Gasteiger partial charge in [-0.1, -0.05) is 25.5 Å². The Morgan fingerprint density at radius 2 is 2.10 bits per heavy atom. The second kappa shape index (κ2) is 7.29. The quantitative estimate of drug-likeness (QED) is 0.836. The van der Waals surface area contributed by atoms with Crippen molar-refractivity contribution in [3.05, 3.63) is 29.8 Å². The maximum atomic E-state index is 11.7. The van der Waals surface area contributed by atoms with Crippen molar-refractivity contribution < 1.29 is 9.53 Å². The minimum absolute atomic E-state index is 0.0487. The molecule has 1 saturated carbocycles. The number of benzene rings is 1. The fraction of sp³-hybridized carbons (Fsp3) is 0.562. The molecule has 0 aliphatic heterocycles. The summed E-state index contributed by atoms with van der Waals surface area (Å²) < 4.78 is 5.45. The average Bonchev–Trinajstić information content (AvgIpc) is 2.89. The number of hydrogen-bond donors (Lipinski definition) is 2. The summed E-state index contributed by atoms with van der Waals surface area (Å²) in [6.07, 6.45) is 3.73. The lowest BCUT2D eigenvalue weighted by atomic mass is 10.1. The van der Waals surface area contributed by atoms with E-state index in [4.69, 9.17) is 10.5 Å². The predicted molar refractivity (Wildman–Crippen MR) is 79.3 cm³/mol. The van der Waals surface area contributed by atoms with Crippen LogP contribution in [0.1, 0.15) is 31.7 Å². The topological polar surface area (TPSA) is 64.3 Å². The normalized spacial score (nSPS) is 21.7. The first-order chi connectivity index (χ1) is 9.67. The second-order valence-corrected chi connectivity index (χ2v) is 5.73. The van der Waals surface area contributed by atoms with E-state index >= 15 is 0 Å². The fourth-order valence-electron chi connectivity index (χ4n) is 2.69. The molecule has 0 aromatic heterocycles. The number of rotatable bonds is 6. The number of carbonyl (C=O) groups is 1. The molecule has 0 saturated heterocycles. The molecule has 1 amide bonds. The number of amides is 1. The van der Waals surface area contributed by atoms with Crippen LogP contribution in [0.5, 0.6) is 5.75 Å². The number of nitrogens with one attached hydrogen (secondary N) is 1. The Morgan fingerprint density at radius 3 is 2.70 bits per heavy atom. The Hall–Kier alpha value is -1.55. The van der Waals surface area contributed by atoms with Gasteiger partial charge in [-0.3, -0.25) is 4.79 Å². The van der Waals surface area contributed by atoms with Crippen LogP contribution in [0.15, 0.2) is 24.3 Å². The van der Waals surface area contributed by atoms with Crippen molar-refractivity contribution in [2.24, 2.45) is 17.6 Å². The minimum Gasteiger partial charge on any atom is -0.484 e. The van der Waals surface area contributed by atoms with E-state index in [1.54, 1.807) is 0 Å². The molecule has 0 bridgehead atoms. The molecule has 2 rings (SSSR count). The van der Waals surface area contributed by atoms with Crippen molar-refractivity contribution in [2.75, 3.05) is 13.2 Å². The highest BCUT2D eigenvalue weighted by atomic mass is 16.5. The second-order valence-electron chi connectivity index (χ2n) is 5.73. The lowest BCUT2D eigenvalue weighted by molar-refractivity contribution is -0.123. The molecule has 110 valence electrons. The highest BCUT2D eigenvalue weighted by Crippen LogP contribution is 2.29. The molecule has 1 aromatic carbocycles. The first kappa shape index (κ1) is 14.9. The van der Waals surface area contributed by atoms with E-state index < -0.39 is 0 Å². The molecular weight excluding hydrogens is 252 g/mol. The zero-order chi connectivity index (χ0) is 14.4. The Bertz CT molecular complexity index is 431. The zero-order valence-electron chi connectivity index (χ0n) is 12.1. The van der Waals surface area contributed by atoms with Crippen LogP contribution >= 0.6 is 0 Å². The number of hydrogen-bond acceptors (Lipinski definition) is 3. The molecule has 1 aliphatic carbocycles. The summed E-state index contributed by atoms with van der Waals surface area (Å²) in [6, 6.07) is 7.50. The summed E-state index contributed by atoms with van der Waals surface area (Å²) >= 11 is 0. The minimum atomic E-state index is -0.0487. The summed E-state index contributed by atoms with van der Waals surface area (Å²) in [6.45, 7) is 3.64. The number of ether oxygens (including phenoxy) is 1. The van der Waals surface area contributed by atoms with E-state index in [2.05, 4.69) is 12.2 Å². The maximum Gasteiger partial charge on any atom is 0.257 e. The van der Waals surface area contributed by atoms with Crippen LogP contribution in [-0.2, 0) is 11.3 Å². The van der Waals surface area contributed by atoms with Crippen LogP contribution in [0.3, 0.4) is 0 Å². The van der Waals surface area contributed by atoms with Crippen molar-refractivity contribution in [3.63, 3.8) is 0 Å². The first-order valence-corrected chi connectivity index (χ1v) is 7.36. The standard InChI is InChI=1S/C16H24N2O2/c1-12-2-3-14(8-12)10-18-16(19)11-20-15-6-4-13(9-17)5-7-15/h4-7,12,14H,2-3,8-11,17H2,1H3,(H,18,19). The van der Waals surface area contributed by atoms with Crippen LogP contribution in [0.25, 0.3) is 0 Å². The molecule has 1 aromatic rings. The Balaban J connectivity index is 1.66. The third-order valence-corrected chi connectivity index (χ3v) is 3.92. The highest BCUT2D eigenvalue weighted by Gasteiger charge is 2.21. The van der Waals surface area contributed by atoms with Gasteiger partial charge in [0, 0.05) is 13.1 Å². The van der Waals surface area contributed by atoms with Crippen molar-refractivity contribution in [1.29, 1.82) is 0 Å². The largest absolute Gasteiger partial charge is 0.484 e. The van der Waals surface area contributed by atoms with Crippen LogP contribution < -0.4 is 15.8 Å². The molecule has 4 heteroatoms. The summed E-state index contributed by atoms with van der Waals surface area (Å²) in [4.78, 5) is 11.7. The van der Waals surface area contributed by atoms with E-state index in [-0.39, 0.29) is 12.5 Å². The van der Waals surface area contributed by atoms with Gasteiger partial charge in [-0.15, -0.1) is 0 Å². The summed E-state index contributed by atoms with van der Waals surface area (Å²) in [5.74, 6) is 2.09. The van der Waals surface area contributed by atoms with Gasteiger partial charge in [-0.05, 0) is 42.4 Å². The van der Waals surface area contributed by atoms with Gasteiger partial charge in [0.05, 0.1) is 0 Å². The molecule has 0 heterocycles. The van der Waals surface area contributed by atoms with E-state index in [0.29, 0.717) is 18.2 Å². The van der Waals surface area contributed by atoms with Gasteiger partial charge < -0.3 is 15.8 Å². The smallest absolute Gasteiger partial charge is 0.257 e. The zero-order valence-corrected chi connectivity index (χ0v) is 12.1. The molecule has 1 fully saturated rings. The van der Waals surface area contributed by atoms with E-state index in [0.717, 1.165) is 18.0 Å². The maximum absolute atomic E-state index is 11.7. The van der Waals surface area contributed by atoms with Crippen LogP contribution in [0.4, 0.5) is 0 Å². The van der Waals surface area contributed by atoms with Gasteiger partial charge in [-0.2, -0.15) is 0 Å². The third kappa shape index (κ3) is 4.53. The summed E-state index contributed by atoms with van der Waals surface area (Å²) in [5.41, 5.74) is 6.58. The molecule has 3 N–H and O–H groups in total. The lowest BCUT2D eigenvalue weighted by Gasteiger charge is -2.12. The van der Waals surface area contributed by atoms with Crippen molar-refractivity contribution in [3.8, 4) is 5.75 Å². The van der Waals surface area contributed by atoms with Gasteiger partial charge >= 0.3 is 0 Å². The summed E-state index contributed by atoms with van der Waals surface area (Å²) in [5, 5.41) is 2.95. The van der Waals surface area contributed by atoms with Gasteiger partial charge in [-0.25, -0.2) is 0 Å². The predicted octanol–water partition coefficient (Wildman–Crippen LogP) is 2.08. The van der Waals surface area contributed by atoms with Crippen molar-refractivity contribution in [1.82, 2.24) is 5.32 Å². The molecule has 1 aliphatic rings. The van der Waals surface area contributed by atoms with Crippen LogP contribution in [-0.4, -0.2) is 19.1 Å². The molecular formula is C16H24N2O2. The summed E-state index contributed by atoms with van der Waals surface area (Å²) in [7, 11) is 0. The molecule has 4 nitrogen and oxygen atoms in total. The molecule has 2 unspecified atom stereocenters.